The number of anilines is 1. The Kier molecular flexibility index (Phi) is 5.72. The number of aryl methyl sites for hydroxylation is 2. The number of nitrogens with zero attached hydrogens (tertiary/aromatic N) is 2. The predicted molar refractivity (Wildman–Crippen MR) is 127 cm³/mol. The van der Waals surface area contributed by atoms with E-state index in [1.807, 2.05) is 18.4 Å². The SMILES string of the molecule is Cc1ccc(N2C(=O)NC(=O)C(=Cc3cc(C)n(-c4ccc(S(N)(=O)=O)cc4)c3C)C2=O)cc1. The van der Waals surface area contributed by atoms with Crippen LogP contribution in [0.2, 0.25) is 0 Å². The number of rotatable bonds is 4. The van der Waals surface area contributed by atoms with Crippen LogP contribution in [-0.4, -0.2) is 30.8 Å². The lowest BCUT2D eigenvalue weighted by molar-refractivity contribution is -0.122. The summed E-state index contributed by atoms with van der Waals surface area (Å²) in [5.41, 5.74) is 3.94. The molecule has 3 aromatic rings. The Bertz CT molecular complexity index is 1470. The quantitative estimate of drug-likeness (QED) is 0.440. The van der Waals surface area contributed by atoms with E-state index in [0.29, 0.717) is 22.6 Å². The standard InChI is InChI=1S/C24H22N4O5S/c1-14-4-6-19(7-5-14)28-23(30)21(22(29)26-24(28)31)13-17-12-15(2)27(16(17)3)18-8-10-20(11-9-18)34(25,32)33/h4-13H,1-3H3,(H2,25,32,33)(H,26,29,31). The number of carbonyl (C=O) groups is 3. The molecule has 34 heavy (non-hydrogen) atoms. The van der Waals surface area contributed by atoms with Gasteiger partial charge in [0.15, 0.2) is 0 Å². The van der Waals surface area contributed by atoms with Gasteiger partial charge >= 0.3 is 6.03 Å². The van der Waals surface area contributed by atoms with E-state index >= 15 is 0 Å². The highest BCUT2D eigenvalue weighted by atomic mass is 32.2. The summed E-state index contributed by atoms with van der Waals surface area (Å²) in [5.74, 6) is -1.50. The van der Waals surface area contributed by atoms with E-state index in [2.05, 4.69) is 5.32 Å². The van der Waals surface area contributed by atoms with E-state index in [-0.39, 0.29) is 10.5 Å². The van der Waals surface area contributed by atoms with Crippen LogP contribution in [-0.2, 0) is 19.6 Å². The maximum absolute atomic E-state index is 13.1. The Balaban J connectivity index is 1.73. The molecule has 1 aliphatic heterocycles. The summed E-state index contributed by atoms with van der Waals surface area (Å²) < 4.78 is 24.9. The third-order valence-corrected chi connectivity index (χ3v) is 6.52. The predicted octanol–water partition coefficient (Wildman–Crippen LogP) is 2.72. The van der Waals surface area contributed by atoms with Crippen LogP contribution < -0.4 is 15.4 Å². The van der Waals surface area contributed by atoms with Crippen molar-refractivity contribution in [3.63, 3.8) is 0 Å². The number of hydrogen-bond donors (Lipinski definition) is 2. The van der Waals surface area contributed by atoms with Crippen molar-refractivity contribution in [1.82, 2.24) is 9.88 Å². The molecule has 1 aliphatic rings. The summed E-state index contributed by atoms with van der Waals surface area (Å²) in [5, 5.41) is 7.39. The summed E-state index contributed by atoms with van der Waals surface area (Å²) in [6, 6.07) is 13.8. The third kappa shape index (κ3) is 4.16. The zero-order valence-electron chi connectivity index (χ0n) is 18.7. The largest absolute Gasteiger partial charge is 0.335 e. The minimum atomic E-state index is -3.82. The van der Waals surface area contributed by atoms with Crippen LogP contribution >= 0.6 is 0 Å². The highest BCUT2D eigenvalue weighted by Crippen LogP contribution is 2.26. The van der Waals surface area contributed by atoms with Crippen molar-refractivity contribution in [3.8, 4) is 5.69 Å². The van der Waals surface area contributed by atoms with E-state index in [1.165, 1.54) is 18.2 Å². The molecule has 0 aliphatic carbocycles. The summed E-state index contributed by atoms with van der Waals surface area (Å²) in [7, 11) is -3.82. The van der Waals surface area contributed by atoms with E-state index in [4.69, 9.17) is 5.14 Å². The first-order valence-electron chi connectivity index (χ1n) is 10.3. The number of hydrogen-bond acceptors (Lipinski definition) is 5. The molecule has 2 aromatic carbocycles. The maximum Gasteiger partial charge on any atom is 0.335 e. The number of benzene rings is 2. The average Bonchev–Trinajstić information content (AvgIpc) is 3.04. The van der Waals surface area contributed by atoms with Crippen LogP contribution in [0.3, 0.4) is 0 Å². The Morgan fingerprint density at radius 2 is 1.47 bits per heavy atom. The molecule has 0 radical (unpaired) electrons. The normalized spacial score (nSPS) is 15.7. The topological polar surface area (TPSA) is 132 Å². The van der Waals surface area contributed by atoms with Gasteiger partial charge in [0.05, 0.1) is 10.6 Å². The van der Waals surface area contributed by atoms with Crippen molar-refractivity contribution in [2.24, 2.45) is 5.14 Å². The molecule has 174 valence electrons. The lowest BCUT2D eigenvalue weighted by Gasteiger charge is -2.26. The smallest absolute Gasteiger partial charge is 0.318 e. The van der Waals surface area contributed by atoms with Crippen LogP contribution in [0, 0.1) is 20.8 Å². The second kappa shape index (κ2) is 8.40. The molecule has 4 amide bonds. The fourth-order valence-electron chi connectivity index (χ4n) is 3.86. The van der Waals surface area contributed by atoms with E-state index in [9.17, 15) is 22.8 Å². The second-order valence-electron chi connectivity index (χ2n) is 7.99. The molecule has 9 nitrogen and oxygen atoms in total. The van der Waals surface area contributed by atoms with Crippen molar-refractivity contribution in [1.29, 1.82) is 0 Å². The number of imide groups is 2. The highest BCUT2D eigenvalue weighted by molar-refractivity contribution is 7.89. The van der Waals surface area contributed by atoms with E-state index in [1.54, 1.807) is 49.4 Å². The molecule has 2 heterocycles. The first kappa shape index (κ1) is 23.1. The molecule has 1 fully saturated rings. The molecule has 0 spiro atoms. The zero-order chi connectivity index (χ0) is 24.8. The molecule has 0 saturated carbocycles. The van der Waals surface area contributed by atoms with Crippen LogP contribution in [0.1, 0.15) is 22.5 Å². The number of nitrogens with two attached hydrogens (primary N) is 1. The average molecular weight is 479 g/mol. The van der Waals surface area contributed by atoms with Crippen LogP contribution in [0.4, 0.5) is 10.5 Å². The molecule has 0 bridgehead atoms. The zero-order valence-corrected chi connectivity index (χ0v) is 19.5. The lowest BCUT2D eigenvalue weighted by Crippen LogP contribution is -2.54. The summed E-state index contributed by atoms with van der Waals surface area (Å²) in [6.07, 6.45) is 1.45. The fourth-order valence-corrected chi connectivity index (χ4v) is 4.37. The molecule has 1 saturated heterocycles. The molecule has 4 rings (SSSR count). The van der Waals surface area contributed by atoms with Crippen molar-refractivity contribution in [2.45, 2.75) is 25.7 Å². The molecule has 0 unspecified atom stereocenters. The number of nitrogens with one attached hydrogen (secondary N) is 1. The molecular formula is C24H22N4O5S. The number of primary sulfonamides is 1. The summed E-state index contributed by atoms with van der Waals surface area (Å²) in [4.78, 5) is 39.0. The number of urea groups is 1. The second-order valence-corrected chi connectivity index (χ2v) is 9.56. The van der Waals surface area contributed by atoms with Gasteiger partial charge in [-0.2, -0.15) is 0 Å². The number of barbiturate groups is 1. The van der Waals surface area contributed by atoms with Gasteiger partial charge in [-0.05, 0) is 74.9 Å². The van der Waals surface area contributed by atoms with Gasteiger partial charge in [0, 0.05) is 17.1 Å². The van der Waals surface area contributed by atoms with Gasteiger partial charge in [0.2, 0.25) is 10.0 Å². The fraction of sp³-hybridized carbons (Fsp3) is 0.125. The van der Waals surface area contributed by atoms with Crippen molar-refractivity contribution < 1.29 is 22.8 Å². The number of amides is 4. The lowest BCUT2D eigenvalue weighted by atomic mass is 10.1. The van der Waals surface area contributed by atoms with Gasteiger partial charge in [-0.1, -0.05) is 17.7 Å². The minimum absolute atomic E-state index is 0.00797. The number of aromatic nitrogens is 1. The maximum atomic E-state index is 13.1. The van der Waals surface area contributed by atoms with Crippen LogP contribution in [0.15, 0.2) is 65.1 Å². The van der Waals surface area contributed by atoms with Gasteiger partial charge in [0.1, 0.15) is 5.57 Å². The highest BCUT2D eigenvalue weighted by Gasteiger charge is 2.37. The molecular weight excluding hydrogens is 456 g/mol. The van der Waals surface area contributed by atoms with E-state index in [0.717, 1.165) is 16.2 Å². The van der Waals surface area contributed by atoms with Crippen LogP contribution in [0.5, 0.6) is 0 Å². The number of sulfonamides is 1. The Hall–Kier alpha value is -4.02. The third-order valence-electron chi connectivity index (χ3n) is 5.59. The summed E-state index contributed by atoms with van der Waals surface area (Å²) >= 11 is 0. The van der Waals surface area contributed by atoms with E-state index < -0.39 is 27.9 Å². The molecule has 3 N–H and O–H groups in total. The van der Waals surface area contributed by atoms with Gasteiger partial charge in [-0.25, -0.2) is 23.3 Å². The number of carbonyl (C=O) groups excluding carboxylic acids is 3. The van der Waals surface area contributed by atoms with Gasteiger partial charge in [-0.15, -0.1) is 0 Å². The molecule has 10 heteroatoms. The van der Waals surface area contributed by atoms with Crippen molar-refractivity contribution >= 4 is 39.6 Å². The monoisotopic (exact) mass is 478 g/mol. The van der Waals surface area contributed by atoms with Crippen molar-refractivity contribution in [2.75, 3.05) is 4.90 Å². The van der Waals surface area contributed by atoms with Crippen LogP contribution in [0.25, 0.3) is 11.8 Å². The first-order chi connectivity index (χ1) is 16.0. The molecule has 1 aromatic heterocycles. The molecule has 0 atom stereocenters. The Labute approximate surface area is 196 Å². The van der Waals surface area contributed by atoms with Gasteiger partial charge in [0.25, 0.3) is 11.8 Å². The Morgan fingerprint density at radius 1 is 0.882 bits per heavy atom. The Morgan fingerprint density at radius 3 is 2.06 bits per heavy atom. The minimum Gasteiger partial charge on any atom is -0.318 e. The van der Waals surface area contributed by atoms with Crippen molar-refractivity contribution in [3.05, 3.63) is 82.7 Å². The summed E-state index contributed by atoms with van der Waals surface area (Å²) in [6.45, 7) is 5.53. The first-order valence-corrected chi connectivity index (χ1v) is 11.8. The van der Waals surface area contributed by atoms with Gasteiger partial charge in [-0.3, -0.25) is 14.9 Å². The van der Waals surface area contributed by atoms with Gasteiger partial charge < -0.3 is 4.57 Å².